The second kappa shape index (κ2) is 7.08. The molecule has 1 aliphatic heterocycles. The van der Waals surface area contributed by atoms with Crippen LogP contribution >= 0.6 is 0 Å². The fourth-order valence-corrected chi connectivity index (χ4v) is 2.37. The van der Waals surface area contributed by atoms with Crippen LogP contribution in [0.1, 0.15) is 18.1 Å². The van der Waals surface area contributed by atoms with Gasteiger partial charge in [-0.15, -0.1) is 0 Å². The standard InChI is InChI=1S/C15H20N2O4/c1-11-10-21-7-6-17(11)15(20)16-9-13-5-3-2-4-12(13)8-14(18)19/h2-5,11H,6-10H2,1H3,(H,16,20)(H,18,19). The summed E-state index contributed by atoms with van der Waals surface area (Å²) >= 11 is 0. The number of carboxylic acid groups (broad SMARTS) is 1. The highest BCUT2D eigenvalue weighted by atomic mass is 16.5. The molecule has 0 spiro atoms. The Kier molecular flexibility index (Phi) is 5.16. The lowest BCUT2D eigenvalue weighted by Gasteiger charge is -2.33. The van der Waals surface area contributed by atoms with E-state index < -0.39 is 5.97 Å². The largest absolute Gasteiger partial charge is 0.481 e. The molecule has 1 aromatic carbocycles. The van der Waals surface area contributed by atoms with Gasteiger partial charge in [-0.3, -0.25) is 4.79 Å². The topological polar surface area (TPSA) is 78.9 Å². The maximum absolute atomic E-state index is 12.2. The van der Waals surface area contributed by atoms with Gasteiger partial charge in [0.05, 0.1) is 25.7 Å². The number of carboxylic acids is 1. The summed E-state index contributed by atoms with van der Waals surface area (Å²) < 4.78 is 5.30. The number of carbonyl (C=O) groups is 2. The minimum Gasteiger partial charge on any atom is -0.481 e. The molecule has 1 saturated heterocycles. The molecule has 1 fully saturated rings. The highest BCUT2D eigenvalue weighted by Crippen LogP contribution is 2.11. The van der Waals surface area contributed by atoms with Gasteiger partial charge in [0.1, 0.15) is 0 Å². The third-order valence-electron chi connectivity index (χ3n) is 3.52. The van der Waals surface area contributed by atoms with Gasteiger partial charge >= 0.3 is 12.0 Å². The Labute approximate surface area is 123 Å². The van der Waals surface area contributed by atoms with E-state index in [4.69, 9.17) is 9.84 Å². The van der Waals surface area contributed by atoms with Crippen molar-refractivity contribution in [1.82, 2.24) is 10.2 Å². The van der Waals surface area contributed by atoms with Crippen molar-refractivity contribution in [3.8, 4) is 0 Å². The fraction of sp³-hybridized carbons (Fsp3) is 0.467. The van der Waals surface area contributed by atoms with Crippen molar-refractivity contribution in [1.29, 1.82) is 0 Å². The van der Waals surface area contributed by atoms with Crippen molar-refractivity contribution in [3.63, 3.8) is 0 Å². The summed E-state index contributed by atoms with van der Waals surface area (Å²) in [5, 5.41) is 11.7. The summed E-state index contributed by atoms with van der Waals surface area (Å²) in [6, 6.07) is 7.15. The molecule has 0 aliphatic carbocycles. The smallest absolute Gasteiger partial charge is 0.318 e. The number of ether oxygens (including phenoxy) is 1. The van der Waals surface area contributed by atoms with E-state index in [0.29, 0.717) is 26.3 Å². The average molecular weight is 292 g/mol. The summed E-state index contributed by atoms with van der Waals surface area (Å²) in [7, 11) is 0. The third kappa shape index (κ3) is 4.19. The van der Waals surface area contributed by atoms with E-state index in [1.165, 1.54) is 0 Å². The minimum atomic E-state index is -0.879. The van der Waals surface area contributed by atoms with Crippen molar-refractivity contribution >= 4 is 12.0 Å². The summed E-state index contributed by atoms with van der Waals surface area (Å²) in [6.45, 7) is 3.93. The van der Waals surface area contributed by atoms with Crippen molar-refractivity contribution < 1.29 is 19.4 Å². The summed E-state index contributed by atoms with van der Waals surface area (Å²) in [4.78, 5) is 24.7. The zero-order chi connectivity index (χ0) is 15.2. The first-order valence-corrected chi connectivity index (χ1v) is 6.98. The van der Waals surface area contributed by atoms with Gasteiger partial charge in [0, 0.05) is 13.1 Å². The van der Waals surface area contributed by atoms with Gasteiger partial charge < -0.3 is 20.1 Å². The van der Waals surface area contributed by atoms with Gasteiger partial charge in [-0.05, 0) is 18.1 Å². The number of hydrogen-bond acceptors (Lipinski definition) is 3. The van der Waals surface area contributed by atoms with Crippen molar-refractivity contribution in [3.05, 3.63) is 35.4 Å². The van der Waals surface area contributed by atoms with Crippen molar-refractivity contribution in [2.45, 2.75) is 25.9 Å². The van der Waals surface area contributed by atoms with E-state index in [2.05, 4.69) is 5.32 Å². The number of rotatable bonds is 4. The highest BCUT2D eigenvalue weighted by Gasteiger charge is 2.23. The van der Waals surface area contributed by atoms with Crippen LogP contribution in [-0.4, -0.2) is 47.8 Å². The maximum atomic E-state index is 12.2. The molecule has 2 amide bonds. The quantitative estimate of drug-likeness (QED) is 0.875. The van der Waals surface area contributed by atoms with E-state index in [0.717, 1.165) is 11.1 Å². The van der Waals surface area contributed by atoms with Crippen molar-refractivity contribution in [2.75, 3.05) is 19.8 Å². The van der Waals surface area contributed by atoms with Crippen LogP contribution in [-0.2, 0) is 22.5 Å². The Hall–Kier alpha value is -2.08. The second-order valence-electron chi connectivity index (χ2n) is 5.12. The first-order chi connectivity index (χ1) is 10.1. The number of amides is 2. The van der Waals surface area contributed by atoms with Crippen LogP contribution in [0.3, 0.4) is 0 Å². The third-order valence-corrected chi connectivity index (χ3v) is 3.52. The van der Waals surface area contributed by atoms with Gasteiger partial charge in [-0.2, -0.15) is 0 Å². The molecule has 0 bridgehead atoms. The number of nitrogens with one attached hydrogen (secondary N) is 1. The number of aliphatic carboxylic acids is 1. The molecule has 6 heteroatoms. The predicted molar refractivity (Wildman–Crippen MR) is 77.0 cm³/mol. The number of hydrogen-bond donors (Lipinski definition) is 2. The summed E-state index contributed by atoms with van der Waals surface area (Å²) in [5.41, 5.74) is 1.55. The fourth-order valence-electron chi connectivity index (χ4n) is 2.37. The molecular weight excluding hydrogens is 272 g/mol. The molecule has 1 unspecified atom stereocenters. The molecule has 2 N–H and O–H groups in total. The van der Waals surface area contributed by atoms with E-state index >= 15 is 0 Å². The molecule has 2 rings (SSSR count). The average Bonchev–Trinajstić information content (AvgIpc) is 2.46. The number of morpholine rings is 1. The molecule has 1 heterocycles. The normalized spacial score (nSPS) is 18.3. The van der Waals surface area contributed by atoms with Crippen LogP contribution in [0, 0.1) is 0 Å². The van der Waals surface area contributed by atoms with Crippen LogP contribution in [0.5, 0.6) is 0 Å². The van der Waals surface area contributed by atoms with E-state index in [1.54, 1.807) is 17.0 Å². The molecule has 114 valence electrons. The zero-order valence-corrected chi connectivity index (χ0v) is 12.0. The first kappa shape index (κ1) is 15.3. The Balaban J connectivity index is 1.96. The zero-order valence-electron chi connectivity index (χ0n) is 12.0. The van der Waals surface area contributed by atoms with Crippen LogP contribution in [0.4, 0.5) is 4.79 Å². The molecule has 0 radical (unpaired) electrons. The summed E-state index contributed by atoms with van der Waals surface area (Å²) in [5.74, 6) is -0.879. The Bertz CT molecular complexity index is 518. The highest BCUT2D eigenvalue weighted by molar-refractivity contribution is 5.75. The molecule has 1 aromatic rings. The summed E-state index contributed by atoms with van der Waals surface area (Å²) in [6.07, 6.45) is -0.0417. The van der Waals surface area contributed by atoms with E-state index in [1.807, 2.05) is 19.1 Å². The lowest BCUT2D eigenvalue weighted by Crippen LogP contribution is -2.51. The van der Waals surface area contributed by atoms with Gasteiger partial charge in [0.2, 0.25) is 0 Å². The van der Waals surface area contributed by atoms with E-state index in [-0.39, 0.29) is 18.5 Å². The van der Waals surface area contributed by atoms with Crippen LogP contribution in [0.2, 0.25) is 0 Å². The van der Waals surface area contributed by atoms with Gasteiger partial charge in [0.25, 0.3) is 0 Å². The van der Waals surface area contributed by atoms with Gasteiger partial charge in [-0.1, -0.05) is 24.3 Å². The van der Waals surface area contributed by atoms with Gasteiger partial charge in [-0.25, -0.2) is 4.79 Å². The lowest BCUT2D eigenvalue weighted by molar-refractivity contribution is -0.136. The predicted octanol–water partition coefficient (Wildman–Crippen LogP) is 1.24. The Morgan fingerprint density at radius 3 is 2.76 bits per heavy atom. The number of urea groups is 1. The van der Waals surface area contributed by atoms with Crippen LogP contribution in [0.15, 0.2) is 24.3 Å². The van der Waals surface area contributed by atoms with E-state index in [9.17, 15) is 9.59 Å². The Morgan fingerprint density at radius 1 is 1.38 bits per heavy atom. The maximum Gasteiger partial charge on any atom is 0.318 e. The molecule has 6 nitrogen and oxygen atoms in total. The second-order valence-corrected chi connectivity index (χ2v) is 5.12. The molecule has 0 aromatic heterocycles. The molecule has 21 heavy (non-hydrogen) atoms. The first-order valence-electron chi connectivity index (χ1n) is 6.98. The van der Waals surface area contributed by atoms with Crippen LogP contribution in [0.25, 0.3) is 0 Å². The molecular formula is C15H20N2O4. The molecule has 1 aliphatic rings. The van der Waals surface area contributed by atoms with Crippen LogP contribution < -0.4 is 5.32 Å². The SMILES string of the molecule is CC1COCCN1C(=O)NCc1ccccc1CC(=O)O. The minimum absolute atomic E-state index is 0.0417. The molecule has 1 atom stereocenters. The Morgan fingerprint density at radius 2 is 2.10 bits per heavy atom. The molecule has 0 saturated carbocycles. The van der Waals surface area contributed by atoms with Gasteiger partial charge in [0.15, 0.2) is 0 Å². The number of carbonyl (C=O) groups excluding carboxylic acids is 1. The number of nitrogens with zero attached hydrogens (tertiary/aromatic N) is 1. The lowest BCUT2D eigenvalue weighted by atomic mass is 10.0. The van der Waals surface area contributed by atoms with Crippen molar-refractivity contribution in [2.24, 2.45) is 0 Å². The monoisotopic (exact) mass is 292 g/mol. The number of benzene rings is 1.